The third-order valence-corrected chi connectivity index (χ3v) is 5.63. The van der Waals surface area contributed by atoms with E-state index < -0.39 is 23.9 Å². The average Bonchev–Trinajstić information content (AvgIpc) is 2.96. The largest absolute Gasteiger partial charge is 0.463 e. The number of aliphatic hydroxyl groups excluding tert-OH is 3. The quantitative estimate of drug-likeness (QED) is 0.0259. The van der Waals surface area contributed by atoms with Gasteiger partial charge >= 0.3 is 23.9 Å². The van der Waals surface area contributed by atoms with Gasteiger partial charge in [-0.25, -0.2) is 4.89 Å². The number of hydrogen-bond donors (Lipinski definition) is 4. The molecule has 4 N–H and O–H groups in total. The smallest absolute Gasteiger partial charge is 0.307 e. The van der Waals surface area contributed by atoms with Crippen LogP contribution in [0.4, 0.5) is 0 Å². The predicted molar refractivity (Wildman–Crippen MR) is 143 cm³/mol. The summed E-state index contributed by atoms with van der Waals surface area (Å²) in [5, 5.41) is 34.8. The van der Waals surface area contributed by atoms with Crippen LogP contribution in [-0.4, -0.2) is 171 Å². The fourth-order valence-electron chi connectivity index (χ4n) is 3.36. The summed E-state index contributed by atoms with van der Waals surface area (Å²) in [5.41, 5.74) is 0. The van der Waals surface area contributed by atoms with Gasteiger partial charge in [0.1, 0.15) is 33.0 Å². The van der Waals surface area contributed by atoms with Crippen LogP contribution >= 0.6 is 0 Å². The minimum atomic E-state index is -0.478. The fourth-order valence-corrected chi connectivity index (χ4v) is 3.36. The van der Waals surface area contributed by atoms with Gasteiger partial charge in [0.05, 0.1) is 45.5 Å². The normalized spacial score (nSPS) is 11.2. The molecule has 0 rings (SSSR count). The van der Waals surface area contributed by atoms with Gasteiger partial charge in [0.15, 0.2) is 0 Å². The number of esters is 4. The van der Waals surface area contributed by atoms with Crippen molar-refractivity contribution in [1.29, 1.82) is 0 Å². The van der Waals surface area contributed by atoms with E-state index in [1.807, 2.05) is 21.7 Å². The van der Waals surface area contributed by atoms with Gasteiger partial charge in [-0.15, -0.1) is 0 Å². The van der Waals surface area contributed by atoms with Gasteiger partial charge in [0.25, 0.3) is 0 Å². The molecule has 0 aliphatic carbocycles. The van der Waals surface area contributed by atoms with E-state index in [1.54, 1.807) is 0 Å². The molecule has 0 atom stereocenters. The Bertz CT molecular complexity index is 690. The first-order valence-corrected chi connectivity index (χ1v) is 13.6. The molecule has 0 amide bonds. The number of carbonyl (C=O) groups is 4. The lowest BCUT2D eigenvalue weighted by atomic mass is 10.3. The highest BCUT2D eigenvalue weighted by atomic mass is 17.1. The first-order chi connectivity index (χ1) is 19.7. The summed E-state index contributed by atoms with van der Waals surface area (Å²) in [7, 11) is 1.89. The maximum absolute atomic E-state index is 11.9. The molecule has 0 radical (unpaired) electrons. The highest BCUT2D eigenvalue weighted by molar-refractivity contribution is 5.71. The van der Waals surface area contributed by atoms with Crippen molar-refractivity contribution < 1.29 is 63.6 Å². The Morgan fingerprint density at radius 1 is 0.488 bits per heavy atom. The minimum Gasteiger partial charge on any atom is -0.463 e. The summed E-state index contributed by atoms with van der Waals surface area (Å²) >= 11 is 0. The van der Waals surface area contributed by atoms with Crippen molar-refractivity contribution in [2.45, 2.75) is 25.7 Å². The molecule has 0 aromatic rings. The Hall–Kier alpha value is -2.44. The highest BCUT2D eigenvalue weighted by Crippen LogP contribution is 2.02. The van der Waals surface area contributed by atoms with Crippen molar-refractivity contribution in [2.75, 3.05) is 112 Å². The van der Waals surface area contributed by atoms with Crippen LogP contribution in [0, 0.1) is 0 Å². The zero-order valence-electron chi connectivity index (χ0n) is 23.9. The molecule has 0 aromatic heterocycles. The van der Waals surface area contributed by atoms with Crippen molar-refractivity contribution in [2.24, 2.45) is 0 Å². The summed E-state index contributed by atoms with van der Waals surface area (Å²) in [6.07, 6.45) is 0.295. The number of rotatable bonds is 27. The Kier molecular flexibility index (Phi) is 24.9. The van der Waals surface area contributed by atoms with Crippen LogP contribution in [-0.2, 0) is 43.0 Å². The van der Waals surface area contributed by atoms with Crippen molar-refractivity contribution in [3.63, 3.8) is 0 Å². The lowest BCUT2D eigenvalue weighted by Gasteiger charge is -2.27. The molecular weight excluding hydrogens is 550 g/mol. The van der Waals surface area contributed by atoms with Gasteiger partial charge in [-0.1, -0.05) is 0 Å². The van der Waals surface area contributed by atoms with Gasteiger partial charge in [0, 0.05) is 52.4 Å². The number of carbonyl (C=O) groups excluding carboxylic acids is 4. The van der Waals surface area contributed by atoms with Crippen LogP contribution < -0.4 is 0 Å². The molecule has 0 bridgehead atoms. The van der Waals surface area contributed by atoms with Crippen LogP contribution in [0.5, 0.6) is 0 Å². The molecule has 0 aliphatic heterocycles. The van der Waals surface area contributed by atoms with Gasteiger partial charge in [-0.2, -0.15) is 0 Å². The Morgan fingerprint density at radius 2 is 0.805 bits per heavy atom. The topological polar surface area (TPSA) is 205 Å². The second-order valence-corrected chi connectivity index (χ2v) is 8.87. The third kappa shape index (κ3) is 23.9. The van der Waals surface area contributed by atoms with E-state index in [4.69, 9.17) is 39.5 Å². The highest BCUT2D eigenvalue weighted by Gasteiger charge is 2.16. The molecule has 0 aromatic carbocycles. The summed E-state index contributed by atoms with van der Waals surface area (Å²) in [4.78, 5) is 57.3. The van der Waals surface area contributed by atoms with Gasteiger partial charge < -0.3 is 49.0 Å². The number of nitrogens with zero attached hydrogens (tertiary/aromatic N) is 3. The molecule has 0 spiro atoms. The molecule has 0 aliphatic rings. The van der Waals surface area contributed by atoms with E-state index in [0.717, 1.165) is 0 Å². The molecule has 41 heavy (non-hydrogen) atoms. The van der Waals surface area contributed by atoms with E-state index in [1.165, 1.54) is 0 Å². The maximum Gasteiger partial charge on any atom is 0.307 e. The number of aliphatic hydroxyl groups is 3. The Labute approximate surface area is 240 Å². The molecule has 0 saturated carbocycles. The van der Waals surface area contributed by atoms with Gasteiger partial charge in [0.2, 0.25) is 0 Å². The molecule has 16 nitrogen and oxygen atoms in total. The summed E-state index contributed by atoms with van der Waals surface area (Å²) in [5.74, 6) is -1.87. The van der Waals surface area contributed by atoms with E-state index in [2.05, 4.69) is 4.89 Å². The standard InChI is InChI=1S/C25H47N3O13/c1-26(10-12-27(6-2-22(32)37-17-14-29)7-3-23(33)38-18-15-30)11-13-28(8-4-24(34)39-19-16-31)9-5-25(35)40-20-21-41-36/h29-31,36H,2-21H2,1H3. The number of likely N-dealkylation sites (N-methyl/N-ethyl adjacent to an activating group) is 1. The predicted octanol–water partition coefficient (Wildman–Crippen LogP) is -2.28. The van der Waals surface area contributed by atoms with Crippen LogP contribution in [0.15, 0.2) is 0 Å². The molecule has 0 unspecified atom stereocenters. The molecular formula is C25H47N3O13. The van der Waals surface area contributed by atoms with Crippen molar-refractivity contribution in [1.82, 2.24) is 14.7 Å². The lowest BCUT2D eigenvalue weighted by Crippen LogP contribution is -2.40. The fraction of sp³-hybridized carbons (Fsp3) is 0.840. The number of ether oxygens (including phenoxy) is 4. The van der Waals surface area contributed by atoms with Crippen molar-refractivity contribution >= 4 is 23.9 Å². The summed E-state index contributed by atoms with van der Waals surface area (Å²) < 4.78 is 19.6. The summed E-state index contributed by atoms with van der Waals surface area (Å²) in [6, 6.07) is 0. The van der Waals surface area contributed by atoms with E-state index in [0.29, 0.717) is 52.4 Å². The van der Waals surface area contributed by atoms with Crippen LogP contribution in [0.2, 0.25) is 0 Å². The first-order valence-electron chi connectivity index (χ1n) is 13.6. The lowest BCUT2D eigenvalue weighted by molar-refractivity contribution is -0.248. The SMILES string of the molecule is CN(CCN(CCC(=O)OCCO)CCC(=O)OCCO)CCN(CCC(=O)OCCO)CCC(=O)OCCOO. The molecule has 0 fully saturated rings. The Balaban J connectivity index is 4.88. The first kappa shape index (κ1) is 38.6. The molecule has 240 valence electrons. The van der Waals surface area contributed by atoms with Gasteiger partial charge in [-0.05, 0) is 7.05 Å². The Morgan fingerprint density at radius 3 is 1.10 bits per heavy atom. The van der Waals surface area contributed by atoms with Crippen LogP contribution in [0.25, 0.3) is 0 Å². The molecule has 16 heteroatoms. The second kappa shape index (κ2) is 26.5. The van der Waals surface area contributed by atoms with Crippen LogP contribution in [0.3, 0.4) is 0 Å². The van der Waals surface area contributed by atoms with Crippen molar-refractivity contribution in [3.05, 3.63) is 0 Å². The zero-order chi connectivity index (χ0) is 30.7. The average molecular weight is 598 g/mol. The van der Waals surface area contributed by atoms with E-state index in [-0.39, 0.29) is 78.5 Å². The second-order valence-electron chi connectivity index (χ2n) is 8.87. The van der Waals surface area contributed by atoms with E-state index in [9.17, 15) is 19.2 Å². The van der Waals surface area contributed by atoms with Crippen LogP contribution in [0.1, 0.15) is 25.7 Å². The minimum absolute atomic E-state index is 0.0629. The molecule has 0 heterocycles. The van der Waals surface area contributed by atoms with Crippen molar-refractivity contribution in [3.8, 4) is 0 Å². The van der Waals surface area contributed by atoms with E-state index >= 15 is 0 Å². The maximum atomic E-state index is 11.9. The monoisotopic (exact) mass is 597 g/mol. The third-order valence-electron chi connectivity index (χ3n) is 5.63. The summed E-state index contributed by atoms with van der Waals surface area (Å²) in [6.45, 7) is 2.20. The zero-order valence-corrected chi connectivity index (χ0v) is 23.9. The van der Waals surface area contributed by atoms with Gasteiger partial charge in [-0.3, -0.25) is 24.4 Å². The number of hydrogen-bond acceptors (Lipinski definition) is 16. The molecule has 0 saturated heterocycles.